The van der Waals surface area contributed by atoms with Crippen molar-refractivity contribution in [3.63, 3.8) is 0 Å². The molecule has 0 amide bonds. The molecular weight excluding hydrogens is 204 g/mol. The van der Waals surface area contributed by atoms with Crippen LogP contribution in [0.4, 0.5) is 0 Å². The van der Waals surface area contributed by atoms with Gasteiger partial charge in [0.25, 0.3) is 0 Å². The summed E-state index contributed by atoms with van der Waals surface area (Å²) in [7, 11) is 0. The van der Waals surface area contributed by atoms with Crippen LogP contribution < -0.4 is 0 Å². The van der Waals surface area contributed by atoms with Crippen LogP contribution in [0.3, 0.4) is 0 Å². The second-order valence-electron chi connectivity index (χ2n) is 4.28. The Balaban J connectivity index is 3.03. The number of aliphatic hydroxyl groups excluding tert-OH is 1. The first-order valence-corrected chi connectivity index (χ1v) is 6.36. The van der Waals surface area contributed by atoms with Gasteiger partial charge in [0.1, 0.15) is 12.6 Å². The molecule has 0 spiro atoms. The Labute approximate surface area is 98.2 Å². The van der Waals surface area contributed by atoms with Crippen molar-refractivity contribution in [3.05, 3.63) is 0 Å². The van der Waals surface area contributed by atoms with E-state index in [1.54, 1.807) is 0 Å². The maximum absolute atomic E-state index is 10.1. The van der Waals surface area contributed by atoms with Gasteiger partial charge in [-0.05, 0) is 12.8 Å². The van der Waals surface area contributed by atoms with Crippen molar-refractivity contribution in [2.24, 2.45) is 0 Å². The quantitative estimate of drug-likeness (QED) is 0.412. The Morgan fingerprint density at radius 3 is 1.94 bits per heavy atom. The molecule has 16 heavy (non-hydrogen) atoms. The topological polar surface area (TPSA) is 54.4 Å². The molecule has 0 fully saturated rings. The first-order chi connectivity index (χ1) is 7.81. The molecule has 0 heterocycles. The van der Waals surface area contributed by atoms with E-state index in [1.165, 1.54) is 19.3 Å². The summed E-state index contributed by atoms with van der Waals surface area (Å²) >= 11 is 0. The van der Waals surface area contributed by atoms with E-state index in [2.05, 4.69) is 0 Å². The lowest BCUT2D eigenvalue weighted by Crippen LogP contribution is -2.06. The molecule has 0 bridgehead atoms. The number of rotatable bonds is 12. The number of hydrogen-bond acceptors (Lipinski definition) is 3. The van der Waals surface area contributed by atoms with E-state index >= 15 is 0 Å². The Hall–Kier alpha value is -0.700. The lowest BCUT2D eigenvalue weighted by Gasteiger charge is -2.06. The largest absolute Gasteiger partial charge is 0.393 e. The van der Waals surface area contributed by atoms with Crippen molar-refractivity contribution < 1.29 is 14.7 Å². The van der Waals surface area contributed by atoms with Crippen LogP contribution in [0.5, 0.6) is 0 Å². The second kappa shape index (κ2) is 12.4. The summed E-state index contributed by atoms with van der Waals surface area (Å²) in [5.41, 5.74) is 0. The molecule has 94 valence electrons. The summed E-state index contributed by atoms with van der Waals surface area (Å²) in [5.74, 6) is 0. The molecule has 0 rings (SSSR count). The highest BCUT2D eigenvalue weighted by atomic mass is 16.3. The molecule has 0 aromatic heterocycles. The SMILES string of the molecule is O=CCCCCCCCCCC(O)CC=O. The van der Waals surface area contributed by atoms with Gasteiger partial charge >= 0.3 is 0 Å². The van der Waals surface area contributed by atoms with Gasteiger partial charge in [-0.25, -0.2) is 0 Å². The maximum Gasteiger partial charge on any atom is 0.122 e. The Kier molecular flexibility index (Phi) is 11.8. The molecule has 0 saturated carbocycles. The molecule has 0 radical (unpaired) electrons. The lowest BCUT2D eigenvalue weighted by atomic mass is 10.0. The van der Waals surface area contributed by atoms with E-state index < -0.39 is 6.10 Å². The number of aldehydes is 2. The van der Waals surface area contributed by atoms with Crippen LogP contribution in [0.15, 0.2) is 0 Å². The molecular formula is C13H24O3. The van der Waals surface area contributed by atoms with E-state index in [9.17, 15) is 14.7 Å². The predicted octanol–water partition coefficient (Wildman–Crippen LogP) is 2.65. The molecule has 0 aliphatic rings. The number of carbonyl (C=O) groups excluding carboxylic acids is 2. The molecule has 1 N–H and O–H groups in total. The molecule has 1 unspecified atom stereocenters. The Morgan fingerprint density at radius 1 is 0.812 bits per heavy atom. The number of aliphatic hydroxyl groups is 1. The molecule has 1 atom stereocenters. The first-order valence-electron chi connectivity index (χ1n) is 6.36. The fourth-order valence-corrected chi connectivity index (χ4v) is 1.72. The van der Waals surface area contributed by atoms with Crippen molar-refractivity contribution in [3.8, 4) is 0 Å². The monoisotopic (exact) mass is 228 g/mol. The summed E-state index contributed by atoms with van der Waals surface area (Å²) < 4.78 is 0. The third kappa shape index (κ3) is 11.4. The highest BCUT2D eigenvalue weighted by Gasteiger charge is 2.01. The summed E-state index contributed by atoms with van der Waals surface area (Å²) in [4.78, 5) is 20.1. The van der Waals surface area contributed by atoms with Crippen molar-refractivity contribution >= 4 is 12.6 Å². The van der Waals surface area contributed by atoms with Crippen LogP contribution in [0, 0.1) is 0 Å². The highest BCUT2D eigenvalue weighted by Crippen LogP contribution is 2.10. The van der Waals surface area contributed by atoms with Gasteiger partial charge in [-0.15, -0.1) is 0 Å². The van der Waals surface area contributed by atoms with Crippen molar-refractivity contribution in [2.75, 3.05) is 0 Å². The minimum Gasteiger partial charge on any atom is -0.393 e. The van der Waals surface area contributed by atoms with Gasteiger partial charge in [0, 0.05) is 12.8 Å². The van der Waals surface area contributed by atoms with Crippen LogP contribution in [-0.4, -0.2) is 23.8 Å². The molecule has 3 nitrogen and oxygen atoms in total. The van der Waals surface area contributed by atoms with Gasteiger partial charge in [0.2, 0.25) is 0 Å². The smallest absolute Gasteiger partial charge is 0.122 e. The Morgan fingerprint density at radius 2 is 1.38 bits per heavy atom. The van der Waals surface area contributed by atoms with Gasteiger partial charge < -0.3 is 14.7 Å². The molecule has 0 aliphatic heterocycles. The lowest BCUT2D eigenvalue weighted by molar-refractivity contribution is -0.109. The van der Waals surface area contributed by atoms with Crippen LogP contribution >= 0.6 is 0 Å². The van der Waals surface area contributed by atoms with E-state index in [4.69, 9.17) is 0 Å². The maximum atomic E-state index is 10.1. The van der Waals surface area contributed by atoms with E-state index in [0.29, 0.717) is 6.42 Å². The zero-order chi connectivity index (χ0) is 12.1. The number of hydrogen-bond donors (Lipinski definition) is 1. The molecule has 0 aliphatic carbocycles. The molecule has 3 heteroatoms. The zero-order valence-electron chi connectivity index (χ0n) is 10.1. The van der Waals surface area contributed by atoms with Crippen LogP contribution in [0.25, 0.3) is 0 Å². The van der Waals surface area contributed by atoms with E-state index in [1.807, 2.05) is 0 Å². The zero-order valence-corrected chi connectivity index (χ0v) is 10.1. The summed E-state index contributed by atoms with van der Waals surface area (Å²) in [5, 5.41) is 9.28. The number of carbonyl (C=O) groups is 2. The average Bonchev–Trinajstić information content (AvgIpc) is 2.27. The van der Waals surface area contributed by atoms with Gasteiger partial charge in [0.15, 0.2) is 0 Å². The summed E-state index contributed by atoms with van der Waals surface area (Å²) in [6.07, 6.45) is 10.9. The van der Waals surface area contributed by atoms with Gasteiger partial charge in [-0.3, -0.25) is 0 Å². The van der Waals surface area contributed by atoms with Crippen LogP contribution in [0.2, 0.25) is 0 Å². The fourth-order valence-electron chi connectivity index (χ4n) is 1.72. The Bertz CT molecular complexity index is 169. The first kappa shape index (κ1) is 15.3. The second-order valence-corrected chi connectivity index (χ2v) is 4.28. The summed E-state index contributed by atoms with van der Waals surface area (Å²) in [6, 6.07) is 0. The van der Waals surface area contributed by atoms with E-state index in [0.717, 1.165) is 44.7 Å². The molecule has 0 saturated heterocycles. The standard InChI is InChI=1S/C13H24O3/c14-11-8-6-4-2-1-3-5-7-9-13(16)10-12-15/h11-13,16H,1-10H2. The van der Waals surface area contributed by atoms with Crippen molar-refractivity contribution in [2.45, 2.75) is 70.3 Å². The van der Waals surface area contributed by atoms with Gasteiger partial charge in [-0.2, -0.15) is 0 Å². The molecule has 0 aromatic carbocycles. The fraction of sp³-hybridized carbons (Fsp3) is 0.846. The third-order valence-corrected chi connectivity index (χ3v) is 2.73. The van der Waals surface area contributed by atoms with Gasteiger partial charge in [-0.1, -0.05) is 38.5 Å². The summed E-state index contributed by atoms with van der Waals surface area (Å²) in [6.45, 7) is 0. The van der Waals surface area contributed by atoms with Crippen molar-refractivity contribution in [1.82, 2.24) is 0 Å². The highest BCUT2D eigenvalue weighted by molar-refractivity contribution is 5.50. The number of unbranched alkanes of at least 4 members (excludes halogenated alkanes) is 7. The van der Waals surface area contributed by atoms with Crippen LogP contribution in [-0.2, 0) is 9.59 Å². The van der Waals surface area contributed by atoms with Gasteiger partial charge in [0.05, 0.1) is 6.10 Å². The van der Waals surface area contributed by atoms with Crippen molar-refractivity contribution in [1.29, 1.82) is 0 Å². The third-order valence-electron chi connectivity index (χ3n) is 2.73. The predicted molar refractivity (Wildman–Crippen MR) is 64.3 cm³/mol. The average molecular weight is 228 g/mol. The minimum atomic E-state index is -0.440. The van der Waals surface area contributed by atoms with E-state index in [-0.39, 0.29) is 6.42 Å². The minimum absolute atomic E-state index is 0.270. The molecule has 0 aromatic rings. The normalized spacial score (nSPS) is 12.3. The van der Waals surface area contributed by atoms with Crippen LogP contribution in [0.1, 0.15) is 64.2 Å².